The van der Waals surface area contributed by atoms with Gasteiger partial charge in [-0.1, -0.05) is 25.5 Å². The van der Waals surface area contributed by atoms with Crippen LogP contribution in [0.2, 0.25) is 0 Å². The molecule has 1 saturated heterocycles. The van der Waals surface area contributed by atoms with Crippen molar-refractivity contribution < 1.29 is 77.0 Å². The second-order valence-electron chi connectivity index (χ2n) is 21.2. The molecule has 4 saturated carbocycles. The van der Waals surface area contributed by atoms with Gasteiger partial charge in [0.1, 0.15) is 28.1 Å². The van der Waals surface area contributed by atoms with Crippen molar-refractivity contribution >= 4 is 58.3 Å². The lowest BCUT2D eigenvalue weighted by molar-refractivity contribution is -0.180. The number of aromatic nitrogens is 1. The Morgan fingerprint density at radius 3 is 2.39 bits per heavy atom. The van der Waals surface area contributed by atoms with E-state index in [-0.39, 0.29) is 84.4 Å². The number of alkyl carbamates (subject to hydrolysis) is 1. The van der Waals surface area contributed by atoms with Crippen molar-refractivity contribution in [3.05, 3.63) is 69.4 Å². The van der Waals surface area contributed by atoms with Crippen LogP contribution in [0.4, 0.5) is 19.7 Å². The van der Waals surface area contributed by atoms with Crippen molar-refractivity contribution in [1.82, 2.24) is 14.8 Å². The van der Waals surface area contributed by atoms with Crippen LogP contribution in [-0.2, 0) is 38.1 Å². The highest BCUT2D eigenvalue weighted by molar-refractivity contribution is 6.02. The molecule has 388 valence electrons. The summed E-state index contributed by atoms with van der Waals surface area (Å²) in [5, 5.41) is 35.6. The molecule has 2 amide bonds. The summed E-state index contributed by atoms with van der Waals surface area (Å²) in [6.45, 7) is 8.30. The van der Waals surface area contributed by atoms with E-state index in [0.29, 0.717) is 25.3 Å². The zero-order valence-corrected chi connectivity index (χ0v) is 41.3. The largest absolute Gasteiger partial charge is 0.492 e. The number of allylic oxidation sites excluding steroid dienone is 4. The lowest BCUT2D eigenvalue weighted by Crippen LogP contribution is -2.61. The van der Waals surface area contributed by atoms with Gasteiger partial charge in [-0.15, -0.1) is 0 Å². The van der Waals surface area contributed by atoms with Gasteiger partial charge in [0.25, 0.3) is 0 Å². The molecular formula is C51H61FN4O16. The molecule has 1 aromatic heterocycles. The predicted octanol–water partition coefficient (Wildman–Crippen LogP) is 4.86. The molecule has 0 spiro atoms. The first-order valence-corrected chi connectivity index (χ1v) is 24.1. The molecule has 0 radical (unpaired) electrons. The maximum atomic E-state index is 16.0. The lowest BCUT2D eigenvalue weighted by atomic mass is 9.46. The van der Waals surface area contributed by atoms with Crippen molar-refractivity contribution in [2.75, 3.05) is 45.0 Å². The zero-order chi connectivity index (χ0) is 52.4. The number of halogens is 1. The number of amides is 2. The first-order chi connectivity index (χ1) is 33.8. The average Bonchev–Trinajstić information content (AvgIpc) is 4.11. The molecule has 8 rings (SSSR count). The van der Waals surface area contributed by atoms with E-state index in [0.717, 1.165) is 24.5 Å². The normalized spacial score (nSPS) is 29.0. The van der Waals surface area contributed by atoms with Crippen LogP contribution in [0.25, 0.3) is 10.9 Å². The molecule has 1 aromatic carbocycles. The first-order valence-electron chi connectivity index (χ1n) is 24.1. The second-order valence-corrected chi connectivity index (χ2v) is 21.2. The minimum absolute atomic E-state index is 0.00829. The number of carbonyl (C=O) groups excluding carboxylic acids is 6. The number of nitrogens with zero attached hydrogens (tertiary/aromatic N) is 3. The number of pyridine rings is 1. The van der Waals surface area contributed by atoms with Gasteiger partial charge in [-0.2, -0.15) is 0 Å². The number of esters is 2. The molecule has 4 unspecified atom stereocenters. The maximum Gasteiger partial charge on any atom is 0.413 e. The van der Waals surface area contributed by atoms with E-state index >= 15 is 4.39 Å². The Morgan fingerprint density at radius 1 is 1.01 bits per heavy atom. The quantitative estimate of drug-likeness (QED) is 0.0957. The predicted molar refractivity (Wildman–Crippen MR) is 252 cm³/mol. The highest BCUT2D eigenvalue weighted by atomic mass is 19.1. The molecule has 5 aliphatic carbocycles. The van der Waals surface area contributed by atoms with Gasteiger partial charge in [0.15, 0.2) is 24.0 Å². The van der Waals surface area contributed by atoms with Crippen LogP contribution in [0.3, 0.4) is 0 Å². The zero-order valence-electron chi connectivity index (χ0n) is 41.3. The van der Waals surface area contributed by atoms with Crippen LogP contribution in [0.15, 0.2) is 52.6 Å². The Morgan fingerprint density at radius 2 is 1.74 bits per heavy atom. The number of hydrogen-bond donors (Lipinski definition) is 4. The van der Waals surface area contributed by atoms with Crippen molar-refractivity contribution in [2.45, 2.75) is 116 Å². The molecule has 21 heteroatoms. The third-order valence-electron chi connectivity index (χ3n) is 15.7. The molecule has 2 heterocycles. The Hall–Kier alpha value is -6.61. The number of methoxy groups -OCH3 is 1. The van der Waals surface area contributed by atoms with E-state index in [1.54, 1.807) is 50.2 Å². The highest BCUT2D eigenvalue weighted by Crippen LogP contribution is 2.67. The third-order valence-corrected chi connectivity index (χ3v) is 15.7. The fraction of sp³-hybridized carbons (Fsp3) is 0.569. The van der Waals surface area contributed by atoms with Crippen molar-refractivity contribution in [2.24, 2.45) is 28.6 Å². The first kappa shape index (κ1) is 51.7. The number of ether oxygens (including phenoxy) is 5. The molecule has 4 N–H and O–H groups in total. The van der Waals surface area contributed by atoms with Crippen LogP contribution in [-0.4, -0.2) is 130 Å². The van der Waals surface area contributed by atoms with Crippen LogP contribution < -0.4 is 20.4 Å². The number of benzene rings is 1. The van der Waals surface area contributed by atoms with E-state index < -0.39 is 106 Å². The monoisotopic (exact) mass is 1000 g/mol. The van der Waals surface area contributed by atoms with Gasteiger partial charge in [-0.3, -0.25) is 19.7 Å². The van der Waals surface area contributed by atoms with Gasteiger partial charge < -0.3 is 53.4 Å². The van der Waals surface area contributed by atoms with Crippen LogP contribution in [0.1, 0.15) is 103 Å². The molecule has 8 atom stereocenters. The Bertz CT molecular complexity index is 2790. The molecule has 0 bridgehead atoms. The standard InChI is InChI=1S/C51H61FN4O16/c1-26-22-54(41-34(52)19-31-40(43(41)68-7)56(28-9-10-28)23-32(42(31)61)44(62)63)16-17-55(26)47(66)71-25-70-38(60)20-35(53-46(65)72-48(2,3)4)45(64)69-24-37(59)51(67)15-13-33-30-11-8-27-18-29(57)12-14-49(27,5)39(30)36(58)21-50(33,51)6/h12,14,18-20,23,26,28,30,33,36,39,58,67H,8-11,13,15-17,21-22,24-25H2,1-7H3,(H,53,65)(H,62,63)/t26?,30?,33?,36-,39?,49-,50-,51-/m0/s1. The van der Waals surface area contributed by atoms with Crippen molar-refractivity contribution in [3.8, 4) is 5.75 Å². The summed E-state index contributed by atoms with van der Waals surface area (Å²) in [4.78, 5) is 107. The third kappa shape index (κ3) is 9.36. The number of carbonyl (C=O) groups is 7. The summed E-state index contributed by atoms with van der Waals surface area (Å²) in [6.07, 6.45) is 7.09. The van der Waals surface area contributed by atoms with Gasteiger partial charge in [0.2, 0.25) is 18.0 Å². The summed E-state index contributed by atoms with van der Waals surface area (Å²) in [5.41, 5.74) is -5.65. The number of rotatable bonds is 12. The number of anilines is 1. The fourth-order valence-corrected chi connectivity index (χ4v) is 12.2. The van der Waals surface area contributed by atoms with E-state index in [4.69, 9.17) is 23.7 Å². The van der Waals surface area contributed by atoms with E-state index in [1.165, 1.54) is 24.3 Å². The number of aromatic carboxylic acids is 1. The van der Waals surface area contributed by atoms with E-state index in [1.807, 2.05) is 13.0 Å². The molecule has 20 nitrogen and oxygen atoms in total. The van der Waals surface area contributed by atoms with Crippen LogP contribution in [0.5, 0.6) is 5.75 Å². The minimum atomic E-state index is -2.01. The number of ketones is 2. The highest BCUT2D eigenvalue weighted by Gasteiger charge is 2.68. The Labute approximate surface area is 413 Å². The summed E-state index contributed by atoms with van der Waals surface area (Å²) < 4.78 is 44.2. The number of nitrogens with one attached hydrogen (secondary N) is 1. The molecule has 5 fully saturated rings. The van der Waals surface area contributed by atoms with Gasteiger partial charge in [0, 0.05) is 54.7 Å². The summed E-state index contributed by atoms with van der Waals surface area (Å²) >= 11 is 0. The molecule has 2 aromatic rings. The summed E-state index contributed by atoms with van der Waals surface area (Å²) in [7, 11) is 1.32. The number of Topliss-reactive ketones (excluding diaryl/α,β-unsaturated/α-hetero) is 1. The number of hydrogen-bond acceptors (Lipinski definition) is 16. The topological polar surface area (TPSA) is 267 Å². The fourth-order valence-electron chi connectivity index (χ4n) is 12.2. The maximum absolute atomic E-state index is 16.0. The molecule has 1 aliphatic heterocycles. The summed E-state index contributed by atoms with van der Waals surface area (Å²) in [6, 6.07) is 0.267. The van der Waals surface area contributed by atoms with Gasteiger partial charge >= 0.3 is 30.1 Å². The van der Waals surface area contributed by atoms with Gasteiger partial charge in [0.05, 0.1) is 30.2 Å². The Kier molecular flexibility index (Phi) is 13.7. The van der Waals surface area contributed by atoms with Gasteiger partial charge in [-0.05, 0) is 103 Å². The van der Waals surface area contributed by atoms with Crippen molar-refractivity contribution in [3.63, 3.8) is 0 Å². The number of aliphatic hydroxyl groups is 2. The minimum Gasteiger partial charge on any atom is -0.492 e. The van der Waals surface area contributed by atoms with Crippen LogP contribution >= 0.6 is 0 Å². The number of carboxylic acid groups (broad SMARTS) is 1. The van der Waals surface area contributed by atoms with E-state index in [9.17, 15) is 53.7 Å². The van der Waals surface area contributed by atoms with Crippen LogP contribution in [0, 0.1) is 34.4 Å². The lowest BCUT2D eigenvalue weighted by Gasteiger charge is -2.59. The number of piperazine rings is 1. The molecular weight excluding hydrogens is 944 g/mol. The van der Waals surface area contributed by atoms with E-state index in [2.05, 4.69) is 5.32 Å². The smallest absolute Gasteiger partial charge is 0.413 e. The Balaban J connectivity index is 0.899. The SMILES string of the molecule is COc1c(N2CCN(C(=O)OCOC(=O)C=C(NC(=O)OC(C)(C)C)C(=O)OCC(=O)[C@@]3(O)CCC4C5CCC6=CC(=O)C=C[C@]6(C)C5[C@@H](O)C[C@@]43C)C(C)C2)c(F)cc2c(=O)c(C(=O)O)cn(C3CC3)c12. The average molecular weight is 1010 g/mol. The van der Waals surface area contributed by atoms with Crippen molar-refractivity contribution in [1.29, 1.82) is 0 Å². The van der Waals surface area contributed by atoms with Gasteiger partial charge in [-0.25, -0.2) is 28.4 Å². The molecule has 6 aliphatic rings. The number of carboxylic acids is 1. The number of aliphatic hydroxyl groups excluding tert-OH is 1. The second kappa shape index (κ2) is 19.1. The summed E-state index contributed by atoms with van der Waals surface area (Å²) in [5.74, 6) is -6.33. The number of fused-ring (bicyclic) bond motifs is 6. The molecule has 72 heavy (non-hydrogen) atoms.